The monoisotopic (exact) mass is 330 g/mol. The van der Waals surface area contributed by atoms with Gasteiger partial charge in [-0.1, -0.05) is 34.1 Å². The topological polar surface area (TPSA) is 41.1 Å². The second-order valence-electron chi connectivity index (χ2n) is 5.05. The highest BCUT2D eigenvalue weighted by Crippen LogP contribution is 2.35. The molecule has 20 heavy (non-hydrogen) atoms. The zero-order chi connectivity index (χ0) is 14.3. The molecule has 0 saturated heterocycles. The summed E-state index contributed by atoms with van der Waals surface area (Å²) in [6, 6.07) is 11.6. The second-order valence-corrected chi connectivity index (χ2v) is 5.96. The summed E-state index contributed by atoms with van der Waals surface area (Å²) in [5, 5.41) is 6.26. The lowest BCUT2D eigenvalue weighted by molar-refractivity contribution is -0.116. The number of halogens is 1. The summed E-state index contributed by atoms with van der Waals surface area (Å²) in [6.07, 6.45) is 0. The fraction of sp³-hybridized carbons (Fsp3) is 0.188. The molecular formula is C16H15BrN2O. The molecule has 2 aromatic carbocycles. The van der Waals surface area contributed by atoms with Crippen LogP contribution in [0.15, 0.2) is 40.9 Å². The maximum absolute atomic E-state index is 12.2. The third-order valence-electron chi connectivity index (χ3n) is 3.75. The van der Waals surface area contributed by atoms with Crippen LogP contribution in [0.3, 0.4) is 0 Å². The first-order valence-electron chi connectivity index (χ1n) is 6.49. The van der Waals surface area contributed by atoms with Crippen LogP contribution in [0.5, 0.6) is 0 Å². The number of hydrogen-bond donors (Lipinski definition) is 2. The molecular weight excluding hydrogens is 316 g/mol. The molecule has 102 valence electrons. The maximum Gasteiger partial charge on any atom is 0.251 e. The zero-order valence-corrected chi connectivity index (χ0v) is 12.9. The van der Waals surface area contributed by atoms with Gasteiger partial charge in [-0.25, -0.2) is 0 Å². The van der Waals surface area contributed by atoms with Crippen molar-refractivity contribution in [3.05, 3.63) is 57.6 Å². The number of anilines is 2. The van der Waals surface area contributed by atoms with Crippen LogP contribution in [0.2, 0.25) is 0 Å². The normalized spacial score (nSPS) is 16.8. The zero-order valence-electron chi connectivity index (χ0n) is 11.3. The first-order chi connectivity index (χ1) is 9.56. The van der Waals surface area contributed by atoms with E-state index in [1.807, 2.05) is 30.3 Å². The minimum absolute atomic E-state index is 0.0148. The molecule has 0 saturated carbocycles. The maximum atomic E-state index is 12.2. The number of benzene rings is 2. The predicted molar refractivity (Wildman–Crippen MR) is 85.1 cm³/mol. The van der Waals surface area contributed by atoms with Crippen LogP contribution in [0, 0.1) is 13.8 Å². The van der Waals surface area contributed by atoms with Gasteiger partial charge in [0.25, 0.3) is 5.91 Å². The van der Waals surface area contributed by atoms with Crippen molar-refractivity contribution < 1.29 is 4.79 Å². The smallest absolute Gasteiger partial charge is 0.251 e. The quantitative estimate of drug-likeness (QED) is 0.867. The van der Waals surface area contributed by atoms with Crippen molar-refractivity contribution in [3.8, 4) is 0 Å². The van der Waals surface area contributed by atoms with E-state index in [1.54, 1.807) is 0 Å². The first-order valence-corrected chi connectivity index (χ1v) is 7.28. The highest BCUT2D eigenvalue weighted by molar-refractivity contribution is 9.10. The molecule has 0 radical (unpaired) electrons. The van der Waals surface area contributed by atoms with Gasteiger partial charge in [-0.15, -0.1) is 0 Å². The molecule has 0 aliphatic carbocycles. The van der Waals surface area contributed by atoms with Gasteiger partial charge in [0, 0.05) is 21.4 Å². The number of amides is 1. The van der Waals surface area contributed by atoms with Crippen LogP contribution >= 0.6 is 15.9 Å². The Morgan fingerprint density at radius 3 is 2.80 bits per heavy atom. The molecule has 1 heterocycles. The van der Waals surface area contributed by atoms with Gasteiger partial charge in [-0.05, 0) is 43.2 Å². The standard InChI is InChI=1S/C16H15BrN2O/c1-9-4-3-5-13(10(9)2)18-15-12-7-6-11(17)8-14(12)19-16(15)20/h3-8,15,18H,1-2H3,(H,19,20). The lowest BCUT2D eigenvalue weighted by Gasteiger charge is -2.16. The predicted octanol–water partition coefficient (Wildman–Crippen LogP) is 4.17. The molecule has 1 aliphatic heterocycles. The van der Waals surface area contributed by atoms with E-state index in [9.17, 15) is 4.79 Å². The van der Waals surface area contributed by atoms with Crippen molar-refractivity contribution >= 4 is 33.2 Å². The Labute approximate surface area is 126 Å². The summed E-state index contributed by atoms with van der Waals surface area (Å²) in [5.74, 6) is -0.0148. The Morgan fingerprint density at radius 1 is 1.20 bits per heavy atom. The Morgan fingerprint density at radius 2 is 2.00 bits per heavy atom. The summed E-state index contributed by atoms with van der Waals surface area (Å²) in [5.41, 5.74) is 5.24. The Kier molecular flexibility index (Phi) is 3.26. The van der Waals surface area contributed by atoms with Gasteiger partial charge >= 0.3 is 0 Å². The number of carbonyl (C=O) groups is 1. The number of aryl methyl sites for hydroxylation is 1. The third-order valence-corrected chi connectivity index (χ3v) is 4.24. The van der Waals surface area contributed by atoms with Crippen molar-refractivity contribution in [1.29, 1.82) is 0 Å². The number of nitrogens with one attached hydrogen (secondary N) is 2. The minimum Gasteiger partial charge on any atom is -0.370 e. The molecule has 1 amide bonds. The summed E-state index contributed by atoms with van der Waals surface area (Å²) >= 11 is 3.42. The van der Waals surface area contributed by atoms with E-state index in [-0.39, 0.29) is 11.9 Å². The third kappa shape index (κ3) is 2.20. The van der Waals surface area contributed by atoms with Gasteiger partial charge < -0.3 is 10.6 Å². The Balaban J connectivity index is 1.96. The summed E-state index contributed by atoms with van der Waals surface area (Å²) in [4.78, 5) is 12.2. The van der Waals surface area contributed by atoms with Crippen LogP contribution in [-0.4, -0.2) is 5.91 Å². The molecule has 4 heteroatoms. The van der Waals surface area contributed by atoms with E-state index in [0.29, 0.717) is 0 Å². The van der Waals surface area contributed by atoms with Crippen molar-refractivity contribution in [3.63, 3.8) is 0 Å². The summed E-state index contributed by atoms with van der Waals surface area (Å²) < 4.78 is 0.962. The molecule has 0 bridgehead atoms. The van der Waals surface area contributed by atoms with Gasteiger partial charge in [0.05, 0.1) is 0 Å². The number of hydrogen-bond acceptors (Lipinski definition) is 2. The number of rotatable bonds is 2. The molecule has 0 spiro atoms. The van der Waals surface area contributed by atoms with Gasteiger partial charge in [-0.2, -0.15) is 0 Å². The largest absolute Gasteiger partial charge is 0.370 e. The molecule has 0 aromatic heterocycles. The van der Waals surface area contributed by atoms with Crippen LogP contribution in [0.4, 0.5) is 11.4 Å². The van der Waals surface area contributed by atoms with Gasteiger partial charge in [0.15, 0.2) is 0 Å². The van der Waals surface area contributed by atoms with E-state index >= 15 is 0 Å². The molecule has 2 N–H and O–H groups in total. The lowest BCUT2D eigenvalue weighted by Crippen LogP contribution is -2.20. The average molecular weight is 331 g/mol. The van der Waals surface area contributed by atoms with E-state index in [2.05, 4.69) is 46.5 Å². The highest BCUT2D eigenvalue weighted by Gasteiger charge is 2.30. The first kappa shape index (κ1) is 13.2. The van der Waals surface area contributed by atoms with Crippen molar-refractivity contribution in [2.75, 3.05) is 10.6 Å². The van der Waals surface area contributed by atoms with Crippen LogP contribution < -0.4 is 10.6 Å². The van der Waals surface area contributed by atoms with E-state index in [0.717, 1.165) is 21.4 Å². The van der Waals surface area contributed by atoms with Gasteiger partial charge in [-0.3, -0.25) is 4.79 Å². The highest BCUT2D eigenvalue weighted by atomic mass is 79.9. The fourth-order valence-electron chi connectivity index (χ4n) is 2.44. The van der Waals surface area contributed by atoms with Gasteiger partial charge in [0.1, 0.15) is 6.04 Å². The van der Waals surface area contributed by atoms with E-state index in [1.165, 1.54) is 11.1 Å². The lowest BCUT2D eigenvalue weighted by atomic mass is 10.0. The number of fused-ring (bicyclic) bond motifs is 1. The van der Waals surface area contributed by atoms with Crippen molar-refractivity contribution in [2.24, 2.45) is 0 Å². The Hall–Kier alpha value is -1.81. The molecule has 1 atom stereocenters. The van der Waals surface area contributed by atoms with Gasteiger partial charge in [0.2, 0.25) is 0 Å². The molecule has 1 aliphatic rings. The van der Waals surface area contributed by atoms with E-state index < -0.39 is 0 Å². The van der Waals surface area contributed by atoms with Crippen LogP contribution in [0.1, 0.15) is 22.7 Å². The SMILES string of the molecule is Cc1cccc(NC2C(=O)Nc3cc(Br)ccc32)c1C. The summed E-state index contributed by atoms with van der Waals surface area (Å²) in [6.45, 7) is 4.13. The molecule has 0 fully saturated rings. The minimum atomic E-state index is -0.335. The van der Waals surface area contributed by atoms with E-state index in [4.69, 9.17) is 0 Å². The van der Waals surface area contributed by atoms with Crippen LogP contribution in [-0.2, 0) is 4.79 Å². The molecule has 1 unspecified atom stereocenters. The van der Waals surface area contributed by atoms with Crippen molar-refractivity contribution in [1.82, 2.24) is 0 Å². The molecule has 3 rings (SSSR count). The average Bonchev–Trinajstić information content (AvgIpc) is 2.70. The molecule has 2 aromatic rings. The number of carbonyl (C=O) groups excluding carboxylic acids is 1. The van der Waals surface area contributed by atoms with Crippen LogP contribution in [0.25, 0.3) is 0 Å². The molecule has 3 nitrogen and oxygen atoms in total. The summed E-state index contributed by atoms with van der Waals surface area (Å²) in [7, 11) is 0. The Bertz CT molecular complexity index is 697. The second kappa shape index (κ2) is 4.94. The van der Waals surface area contributed by atoms with Crippen molar-refractivity contribution in [2.45, 2.75) is 19.9 Å². The fourth-order valence-corrected chi connectivity index (χ4v) is 2.80.